The number of nitrogens with zero attached hydrogens (tertiary/aromatic N) is 2. The zero-order valence-corrected chi connectivity index (χ0v) is 13.6. The quantitative estimate of drug-likeness (QED) is 0.900. The van der Waals surface area contributed by atoms with Crippen molar-refractivity contribution in [1.29, 1.82) is 0 Å². The molecule has 1 saturated heterocycles. The third kappa shape index (κ3) is 3.23. The van der Waals surface area contributed by atoms with E-state index in [0.29, 0.717) is 18.0 Å². The molecule has 0 radical (unpaired) electrons. The number of hydrogen-bond acceptors (Lipinski definition) is 4. The maximum absolute atomic E-state index is 5.28. The molecular weight excluding hydrogens is 250 g/mol. The van der Waals surface area contributed by atoms with E-state index in [1.54, 1.807) is 0 Å². The highest BCUT2D eigenvalue weighted by Crippen LogP contribution is 2.26. The van der Waals surface area contributed by atoms with Crippen LogP contribution in [0.15, 0.2) is 4.52 Å². The van der Waals surface area contributed by atoms with Gasteiger partial charge in [-0.05, 0) is 46.1 Å². The number of rotatable bonds is 5. The van der Waals surface area contributed by atoms with Crippen LogP contribution in [0.3, 0.4) is 0 Å². The Bertz CT molecular complexity index is 410. The first-order valence-electron chi connectivity index (χ1n) is 7.93. The highest BCUT2D eigenvalue weighted by atomic mass is 16.5. The Kier molecular flexibility index (Phi) is 5.22. The molecule has 0 saturated carbocycles. The van der Waals surface area contributed by atoms with Crippen molar-refractivity contribution in [3.05, 3.63) is 17.0 Å². The van der Waals surface area contributed by atoms with Crippen LogP contribution in [-0.4, -0.2) is 35.2 Å². The van der Waals surface area contributed by atoms with Crippen LogP contribution in [0.1, 0.15) is 50.6 Å². The van der Waals surface area contributed by atoms with Gasteiger partial charge in [0.1, 0.15) is 5.76 Å². The molecule has 1 aromatic heterocycles. The van der Waals surface area contributed by atoms with Crippen LogP contribution in [0.5, 0.6) is 0 Å². The van der Waals surface area contributed by atoms with E-state index in [4.69, 9.17) is 4.52 Å². The van der Waals surface area contributed by atoms with Gasteiger partial charge in [0, 0.05) is 30.7 Å². The minimum absolute atomic E-state index is 0.590. The highest BCUT2D eigenvalue weighted by Gasteiger charge is 2.32. The molecule has 0 aliphatic carbocycles. The van der Waals surface area contributed by atoms with E-state index in [1.165, 1.54) is 18.4 Å². The Labute approximate surface area is 122 Å². The van der Waals surface area contributed by atoms with Gasteiger partial charge in [-0.2, -0.15) is 0 Å². The van der Waals surface area contributed by atoms with E-state index in [2.05, 4.69) is 36.1 Å². The van der Waals surface area contributed by atoms with Crippen molar-refractivity contribution >= 4 is 0 Å². The Morgan fingerprint density at radius 2 is 2.10 bits per heavy atom. The molecule has 20 heavy (non-hydrogen) atoms. The second-order valence-corrected chi connectivity index (χ2v) is 6.22. The van der Waals surface area contributed by atoms with Crippen molar-refractivity contribution in [2.45, 2.75) is 66.1 Å². The zero-order valence-electron chi connectivity index (χ0n) is 13.6. The lowest BCUT2D eigenvalue weighted by Crippen LogP contribution is -2.53. The number of aromatic nitrogens is 1. The van der Waals surface area contributed by atoms with Gasteiger partial charge in [0.15, 0.2) is 0 Å². The van der Waals surface area contributed by atoms with Gasteiger partial charge in [-0.25, -0.2) is 0 Å². The molecule has 1 aliphatic heterocycles. The molecule has 1 aliphatic rings. The Hall–Kier alpha value is -0.870. The first-order chi connectivity index (χ1) is 9.54. The van der Waals surface area contributed by atoms with E-state index in [1.807, 2.05) is 13.8 Å². The summed E-state index contributed by atoms with van der Waals surface area (Å²) in [5, 5.41) is 7.76. The molecule has 1 fully saturated rings. The Morgan fingerprint density at radius 1 is 1.35 bits per heavy atom. The summed E-state index contributed by atoms with van der Waals surface area (Å²) in [6, 6.07) is 1.25. The molecule has 0 aromatic carbocycles. The predicted octanol–water partition coefficient (Wildman–Crippen LogP) is 2.89. The SMILES string of the molecule is CCCNC1CCN(Cc2c(C)noc2C)C(C)C1C. The number of aryl methyl sites for hydroxylation is 2. The van der Waals surface area contributed by atoms with Gasteiger partial charge in [0.05, 0.1) is 5.69 Å². The van der Waals surface area contributed by atoms with E-state index < -0.39 is 0 Å². The molecule has 4 heteroatoms. The minimum Gasteiger partial charge on any atom is -0.361 e. The largest absolute Gasteiger partial charge is 0.361 e. The van der Waals surface area contributed by atoms with Crippen molar-refractivity contribution in [2.24, 2.45) is 5.92 Å². The second kappa shape index (κ2) is 6.72. The summed E-state index contributed by atoms with van der Waals surface area (Å²) in [7, 11) is 0. The summed E-state index contributed by atoms with van der Waals surface area (Å²) in [4.78, 5) is 2.57. The Morgan fingerprint density at radius 3 is 2.70 bits per heavy atom. The lowest BCUT2D eigenvalue weighted by molar-refractivity contribution is 0.0780. The maximum Gasteiger partial charge on any atom is 0.138 e. The third-order valence-corrected chi connectivity index (χ3v) is 4.90. The maximum atomic E-state index is 5.28. The van der Waals surface area contributed by atoms with Gasteiger partial charge in [-0.3, -0.25) is 4.90 Å². The summed E-state index contributed by atoms with van der Waals surface area (Å²) in [6.07, 6.45) is 2.44. The molecule has 114 valence electrons. The minimum atomic E-state index is 0.590. The van der Waals surface area contributed by atoms with Crippen LogP contribution in [0.25, 0.3) is 0 Å². The van der Waals surface area contributed by atoms with E-state index in [0.717, 1.165) is 31.1 Å². The van der Waals surface area contributed by atoms with Gasteiger partial charge < -0.3 is 9.84 Å². The van der Waals surface area contributed by atoms with Crippen molar-refractivity contribution in [3.63, 3.8) is 0 Å². The second-order valence-electron chi connectivity index (χ2n) is 6.22. The van der Waals surface area contributed by atoms with E-state index in [9.17, 15) is 0 Å². The molecule has 2 rings (SSSR count). The summed E-state index contributed by atoms with van der Waals surface area (Å²) >= 11 is 0. The molecule has 0 amide bonds. The van der Waals surface area contributed by atoms with E-state index in [-0.39, 0.29) is 0 Å². The number of piperidine rings is 1. The van der Waals surface area contributed by atoms with Gasteiger partial charge in [-0.1, -0.05) is 19.0 Å². The topological polar surface area (TPSA) is 41.3 Å². The van der Waals surface area contributed by atoms with Crippen molar-refractivity contribution in [1.82, 2.24) is 15.4 Å². The molecule has 0 spiro atoms. The lowest BCUT2D eigenvalue weighted by atomic mass is 9.86. The lowest BCUT2D eigenvalue weighted by Gasteiger charge is -2.43. The van der Waals surface area contributed by atoms with Gasteiger partial charge >= 0.3 is 0 Å². The van der Waals surface area contributed by atoms with Gasteiger partial charge in [-0.15, -0.1) is 0 Å². The average molecular weight is 279 g/mol. The van der Waals surface area contributed by atoms with Crippen LogP contribution in [0, 0.1) is 19.8 Å². The summed E-state index contributed by atoms with van der Waals surface area (Å²) in [5.74, 6) is 1.64. The normalized spacial score (nSPS) is 27.9. The first kappa shape index (κ1) is 15.5. The number of nitrogens with one attached hydrogen (secondary N) is 1. The third-order valence-electron chi connectivity index (χ3n) is 4.90. The molecule has 2 heterocycles. The molecule has 1 aromatic rings. The Balaban J connectivity index is 1.98. The van der Waals surface area contributed by atoms with Gasteiger partial charge in [0.25, 0.3) is 0 Å². The molecule has 3 unspecified atom stereocenters. The average Bonchev–Trinajstić information content (AvgIpc) is 2.74. The zero-order chi connectivity index (χ0) is 14.7. The van der Waals surface area contributed by atoms with Crippen molar-refractivity contribution < 1.29 is 4.52 Å². The van der Waals surface area contributed by atoms with E-state index >= 15 is 0 Å². The van der Waals surface area contributed by atoms with Crippen LogP contribution in [0.2, 0.25) is 0 Å². The predicted molar refractivity (Wildman–Crippen MR) is 81.7 cm³/mol. The smallest absolute Gasteiger partial charge is 0.138 e. The monoisotopic (exact) mass is 279 g/mol. The van der Waals surface area contributed by atoms with Crippen molar-refractivity contribution in [2.75, 3.05) is 13.1 Å². The van der Waals surface area contributed by atoms with Crippen molar-refractivity contribution in [3.8, 4) is 0 Å². The summed E-state index contributed by atoms with van der Waals surface area (Å²) in [5.41, 5.74) is 2.30. The fourth-order valence-electron chi connectivity index (χ4n) is 3.21. The van der Waals surface area contributed by atoms with Crippen LogP contribution >= 0.6 is 0 Å². The number of likely N-dealkylation sites (tertiary alicyclic amines) is 1. The number of hydrogen-bond donors (Lipinski definition) is 1. The standard InChI is InChI=1S/C16H29N3O/c1-6-8-17-16-7-9-19(13(4)11(16)2)10-15-12(3)18-20-14(15)5/h11,13,16-17H,6-10H2,1-5H3. The summed E-state index contributed by atoms with van der Waals surface area (Å²) < 4.78 is 5.28. The van der Waals surface area contributed by atoms with Crippen LogP contribution in [-0.2, 0) is 6.54 Å². The molecular formula is C16H29N3O. The van der Waals surface area contributed by atoms with Gasteiger partial charge in [0.2, 0.25) is 0 Å². The molecule has 0 bridgehead atoms. The van der Waals surface area contributed by atoms with Crippen LogP contribution in [0.4, 0.5) is 0 Å². The highest BCUT2D eigenvalue weighted by molar-refractivity contribution is 5.20. The fraction of sp³-hybridized carbons (Fsp3) is 0.812. The van der Waals surface area contributed by atoms with Crippen LogP contribution < -0.4 is 5.32 Å². The fourth-order valence-corrected chi connectivity index (χ4v) is 3.21. The first-order valence-corrected chi connectivity index (χ1v) is 7.93. The molecule has 4 nitrogen and oxygen atoms in total. The summed E-state index contributed by atoms with van der Waals surface area (Å²) in [6.45, 7) is 14.2. The molecule has 1 N–H and O–H groups in total. The molecule has 3 atom stereocenters.